The summed E-state index contributed by atoms with van der Waals surface area (Å²) in [7, 11) is -1.54. The van der Waals surface area contributed by atoms with Crippen LogP contribution >= 0.6 is 0 Å². The molecule has 2 unspecified atom stereocenters. The van der Waals surface area contributed by atoms with Crippen molar-refractivity contribution in [3.63, 3.8) is 0 Å². The molecule has 2 saturated heterocycles. The van der Waals surface area contributed by atoms with Crippen molar-refractivity contribution in [1.82, 2.24) is 25.9 Å². The summed E-state index contributed by atoms with van der Waals surface area (Å²) in [5, 5.41) is 6.58. The Bertz CT molecular complexity index is 866. The standard InChI is InChI=1S/C20H29N5O5Si/c1-5-24-10-11-25(19(28)18(24)27)20(29)22-16(17(26)21-15-12-30-23-15)13-6-8-14(9-7-13)31(2,3)4/h6-9,15-16,23H,5,10-12H2,1-4H3,(H,21,26)(H,22,29). The number of likely N-dealkylation sites (N-methyl/N-ethyl adjacent to an activating group) is 1. The van der Waals surface area contributed by atoms with E-state index in [2.05, 4.69) is 35.8 Å². The normalized spacial score (nSPS) is 20.2. The van der Waals surface area contributed by atoms with E-state index in [1.165, 1.54) is 10.1 Å². The van der Waals surface area contributed by atoms with Crippen LogP contribution in [0, 0.1) is 0 Å². The van der Waals surface area contributed by atoms with Gasteiger partial charge in [-0.3, -0.25) is 24.1 Å². The molecule has 0 aliphatic carbocycles. The highest BCUT2D eigenvalue weighted by Crippen LogP contribution is 2.16. The number of urea groups is 1. The van der Waals surface area contributed by atoms with Crippen molar-refractivity contribution in [3.05, 3.63) is 29.8 Å². The molecule has 5 amide bonds. The zero-order valence-corrected chi connectivity index (χ0v) is 19.2. The number of carbonyl (C=O) groups excluding carboxylic acids is 4. The van der Waals surface area contributed by atoms with E-state index in [1.54, 1.807) is 6.92 Å². The van der Waals surface area contributed by atoms with Crippen molar-refractivity contribution < 1.29 is 24.0 Å². The maximum Gasteiger partial charge on any atom is 0.325 e. The van der Waals surface area contributed by atoms with Crippen LogP contribution in [0.25, 0.3) is 0 Å². The molecule has 0 bridgehead atoms. The van der Waals surface area contributed by atoms with Gasteiger partial charge in [-0.15, -0.1) is 0 Å². The maximum atomic E-state index is 12.9. The lowest BCUT2D eigenvalue weighted by molar-refractivity contribution is -0.153. The molecule has 3 rings (SSSR count). The summed E-state index contributed by atoms with van der Waals surface area (Å²) in [5.74, 6) is -2.06. The van der Waals surface area contributed by atoms with E-state index in [0.717, 1.165) is 4.90 Å². The first-order valence-electron chi connectivity index (χ1n) is 10.3. The third-order valence-electron chi connectivity index (χ3n) is 5.37. The van der Waals surface area contributed by atoms with Crippen molar-refractivity contribution in [2.75, 3.05) is 26.2 Å². The van der Waals surface area contributed by atoms with Gasteiger partial charge in [0.2, 0.25) is 5.91 Å². The fourth-order valence-electron chi connectivity index (χ4n) is 3.34. The van der Waals surface area contributed by atoms with E-state index in [1.807, 2.05) is 24.3 Å². The highest BCUT2D eigenvalue weighted by atomic mass is 28.3. The highest BCUT2D eigenvalue weighted by molar-refractivity contribution is 6.88. The lowest BCUT2D eigenvalue weighted by Gasteiger charge is -2.33. The predicted octanol–water partition coefficient (Wildman–Crippen LogP) is -0.350. The van der Waals surface area contributed by atoms with Crippen LogP contribution in [0.1, 0.15) is 18.5 Å². The number of nitrogens with zero attached hydrogens (tertiary/aromatic N) is 2. The Morgan fingerprint density at radius 1 is 1.16 bits per heavy atom. The molecule has 2 aliphatic rings. The summed E-state index contributed by atoms with van der Waals surface area (Å²) in [5.41, 5.74) is 3.18. The minimum Gasteiger partial charge on any atom is -0.334 e. The Morgan fingerprint density at radius 3 is 2.32 bits per heavy atom. The van der Waals surface area contributed by atoms with Crippen molar-refractivity contribution in [3.8, 4) is 0 Å². The summed E-state index contributed by atoms with van der Waals surface area (Å²) in [6, 6.07) is 5.75. The molecule has 0 saturated carbocycles. The van der Waals surface area contributed by atoms with E-state index in [9.17, 15) is 19.2 Å². The minimum atomic E-state index is -1.54. The van der Waals surface area contributed by atoms with Crippen LogP contribution < -0.4 is 21.3 Å². The molecule has 2 aliphatic heterocycles. The largest absolute Gasteiger partial charge is 0.334 e. The number of hydrogen-bond acceptors (Lipinski definition) is 6. The summed E-state index contributed by atoms with van der Waals surface area (Å²) >= 11 is 0. The van der Waals surface area contributed by atoms with E-state index in [-0.39, 0.29) is 19.3 Å². The molecule has 2 atom stereocenters. The van der Waals surface area contributed by atoms with E-state index in [4.69, 9.17) is 4.84 Å². The third kappa shape index (κ3) is 5.11. The second kappa shape index (κ2) is 9.16. The van der Waals surface area contributed by atoms with Crippen LogP contribution in [-0.4, -0.2) is 74.0 Å². The fraction of sp³-hybridized carbons (Fsp3) is 0.500. The number of carbonyl (C=O) groups is 4. The Morgan fingerprint density at radius 2 is 1.81 bits per heavy atom. The first-order valence-corrected chi connectivity index (χ1v) is 13.8. The molecule has 0 aromatic heterocycles. The monoisotopic (exact) mass is 447 g/mol. The number of amides is 5. The number of hydroxylamine groups is 1. The van der Waals surface area contributed by atoms with Crippen LogP contribution in [0.4, 0.5) is 4.79 Å². The smallest absolute Gasteiger partial charge is 0.325 e. The van der Waals surface area contributed by atoms with Gasteiger partial charge in [-0.1, -0.05) is 49.1 Å². The molecule has 1 aromatic rings. The second-order valence-electron chi connectivity index (χ2n) is 8.59. The van der Waals surface area contributed by atoms with Crippen molar-refractivity contribution >= 4 is 37.0 Å². The molecule has 168 valence electrons. The zero-order valence-electron chi connectivity index (χ0n) is 18.2. The number of hydrogen-bond donors (Lipinski definition) is 3. The van der Waals surface area contributed by atoms with Gasteiger partial charge >= 0.3 is 17.8 Å². The minimum absolute atomic E-state index is 0.0746. The summed E-state index contributed by atoms with van der Waals surface area (Å²) in [6.45, 7) is 9.46. The average molecular weight is 448 g/mol. The van der Waals surface area contributed by atoms with Crippen molar-refractivity contribution in [2.45, 2.75) is 38.8 Å². The Labute approximate surface area is 182 Å². The van der Waals surface area contributed by atoms with Crippen LogP contribution in [0.5, 0.6) is 0 Å². The van der Waals surface area contributed by atoms with Gasteiger partial charge in [0.05, 0.1) is 8.07 Å². The SMILES string of the molecule is CCN1CCN(C(=O)NC(C(=O)NC2CON2)c2ccc([Si](C)(C)C)cc2)C(=O)C1=O. The lowest BCUT2D eigenvalue weighted by Crippen LogP contribution is -2.61. The molecule has 2 fully saturated rings. The lowest BCUT2D eigenvalue weighted by atomic mass is 10.1. The third-order valence-corrected chi connectivity index (χ3v) is 7.43. The first kappa shape index (κ1) is 22.9. The van der Waals surface area contributed by atoms with E-state index in [0.29, 0.717) is 18.7 Å². The maximum absolute atomic E-state index is 12.9. The summed E-state index contributed by atoms with van der Waals surface area (Å²) < 4.78 is 0. The Kier molecular flexibility index (Phi) is 6.77. The van der Waals surface area contributed by atoms with Gasteiger partial charge in [0.25, 0.3) is 0 Å². The summed E-state index contributed by atoms with van der Waals surface area (Å²) in [6.07, 6.45) is -0.357. The molecular weight excluding hydrogens is 418 g/mol. The van der Waals surface area contributed by atoms with E-state index >= 15 is 0 Å². The van der Waals surface area contributed by atoms with Gasteiger partial charge in [-0.2, -0.15) is 5.48 Å². The van der Waals surface area contributed by atoms with Crippen LogP contribution in [0.2, 0.25) is 19.6 Å². The molecular formula is C20H29N5O5Si. The van der Waals surface area contributed by atoms with E-state index < -0.39 is 37.9 Å². The number of nitrogens with one attached hydrogen (secondary N) is 3. The van der Waals surface area contributed by atoms with Crippen LogP contribution in [0.3, 0.4) is 0 Å². The predicted molar refractivity (Wildman–Crippen MR) is 116 cm³/mol. The number of benzene rings is 1. The quantitative estimate of drug-likeness (QED) is 0.405. The molecule has 31 heavy (non-hydrogen) atoms. The number of rotatable bonds is 6. The van der Waals surface area contributed by atoms with Crippen molar-refractivity contribution in [2.24, 2.45) is 0 Å². The fourth-order valence-corrected chi connectivity index (χ4v) is 4.51. The van der Waals surface area contributed by atoms with Gasteiger partial charge in [-0.25, -0.2) is 4.79 Å². The van der Waals surface area contributed by atoms with Gasteiger partial charge in [0.15, 0.2) is 0 Å². The first-order chi connectivity index (χ1) is 14.6. The van der Waals surface area contributed by atoms with Gasteiger partial charge in [0, 0.05) is 19.6 Å². The number of imide groups is 1. The number of piperazine rings is 1. The van der Waals surface area contributed by atoms with Crippen LogP contribution in [-0.2, 0) is 19.2 Å². The Balaban J connectivity index is 1.79. The average Bonchev–Trinajstić information content (AvgIpc) is 2.70. The summed E-state index contributed by atoms with van der Waals surface area (Å²) in [4.78, 5) is 57.3. The highest BCUT2D eigenvalue weighted by Gasteiger charge is 2.37. The molecule has 1 aromatic carbocycles. The molecule has 11 heteroatoms. The topological polar surface area (TPSA) is 120 Å². The second-order valence-corrected chi connectivity index (χ2v) is 13.7. The van der Waals surface area contributed by atoms with Gasteiger partial charge in [0.1, 0.15) is 18.8 Å². The zero-order chi connectivity index (χ0) is 22.8. The molecule has 3 N–H and O–H groups in total. The van der Waals surface area contributed by atoms with Gasteiger partial charge in [-0.05, 0) is 12.5 Å². The van der Waals surface area contributed by atoms with Gasteiger partial charge < -0.3 is 15.5 Å². The van der Waals surface area contributed by atoms with Crippen molar-refractivity contribution in [1.29, 1.82) is 0 Å². The Hall–Kier alpha value is -2.76. The van der Waals surface area contributed by atoms with Crippen LogP contribution in [0.15, 0.2) is 24.3 Å². The molecule has 2 heterocycles. The molecule has 10 nitrogen and oxygen atoms in total. The molecule has 0 radical (unpaired) electrons. The molecule has 0 spiro atoms.